The average Bonchev–Trinajstić information content (AvgIpc) is 3.33. The molecule has 0 heterocycles. The lowest BCUT2D eigenvalue weighted by atomic mass is 9.86. The molecular formula is C18H19NO4. The number of nitrogens with two attached hydrogens (primary N) is 1. The minimum atomic E-state index is -1.48. The highest BCUT2D eigenvalue weighted by atomic mass is 16.4. The van der Waals surface area contributed by atoms with Gasteiger partial charge in [-0.1, -0.05) is 42.5 Å². The van der Waals surface area contributed by atoms with Crippen molar-refractivity contribution in [2.45, 2.75) is 24.8 Å². The largest absolute Gasteiger partial charge is 0.481 e. The summed E-state index contributed by atoms with van der Waals surface area (Å²) in [6, 6.07) is 13.9. The van der Waals surface area contributed by atoms with Crippen molar-refractivity contribution in [3.8, 4) is 0 Å². The van der Waals surface area contributed by atoms with Crippen LogP contribution in [0.2, 0.25) is 0 Å². The topological polar surface area (TPSA) is 101 Å². The lowest BCUT2D eigenvalue weighted by Gasteiger charge is -2.25. The quantitative estimate of drug-likeness (QED) is 0.759. The molecule has 0 spiro atoms. The zero-order chi connectivity index (χ0) is 16.6. The third-order valence-corrected chi connectivity index (χ3v) is 4.81. The molecule has 0 saturated heterocycles. The summed E-state index contributed by atoms with van der Waals surface area (Å²) in [5, 5.41) is 20.7. The smallest absolute Gasteiger partial charge is 0.324 e. The maximum atomic E-state index is 11.6. The SMILES string of the molecule is NC(CCc1ccc2ccccc2c1)(C(=O)O)[C@H]1C[C@@H]1C(=O)O. The van der Waals surface area contributed by atoms with Crippen LogP contribution in [0.5, 0.6) is 0 Å². The number of hydrogen-bond acceptors (Lipinski definition) is 3. The molecule has 1 unspecified atom stereocenters. The van der Waals surface area contributed by atoms with Gasteiger partial charge in [0.25, 0.3) is 0 Å². The maximum absolute atomic E-state index is 11.6. The summed E-state index contributed by atoms with van der Waals surface area (Å²) in [5.74, 6) is -3.20. The van der Waals surface area contributed by atoms with Crippen LogP contribution in [0.4, 0.5) is 0 Å². The molecule has 3 atom stereocenters. The summed E-state index contributed by atoms with van der Waals surface area (Å²) < 4.78 is 0. The molecule has 5 heteroatoms. The Morgan fingerprint density at radius 2 is 1.83 bits per heavy atom. The lowest BCUT2D eigenvalue weighted by Crippen LogP contribution is -2.51. The minimum absolute atomic E-state index is 0.231. The van der Waals surface area contributed by atoms with Crippen LogP contribution in [0.25, 0.3) is 10.8 Å². The van der Waals surface area contributed by atoms with Crippen molar-refractivity contribution in [3.63, 3.8) is 0 Å². The molecule has 3 rings (SSSR count). The van der Waals surface area contributed by atoms with Gasteiger partial charge >= 0.3 is 11.9 Å². The fourth-order valence-electron chi connectivity index (χ4n) is 3.23. The van der Waals surface area contributed by atoms with Crippen LogP contribution >= 0.6 is 0 Å². The van der Waals surface area contributed by atoms with E-state index in [0.717, 1.165) is 16.3 Å². The third-order valence-electron chi connectivity index (χ3n) is 4.81. The first-order chi connectivity index (χ1) is 10.9. The van der Waals surface area contributed by atoms with Crippen molar-refractivity contribution >= 4 is 22.7 Å². The number of benzene rings is 2. The zero-order valence-corrected chi connectivity index (χ0v) is 12.6. The Kier molecular flexibility index (Phi) is 3.82. The van der Waals surface area contributed by atoms with Gasteiger partial charge in [0.05, 0.1) is 5.92 Å². The zero-order valence-electron chi connectivity index (χ0n) is 12.6. The summed E-state index contributed by atoms with van der Waals surface area (Å²) in [4.78, 5) is 22.6. The molecule has 1 fully saturated rings. The van der Waals surface area contributed by atoms with Crippen molar-refractivity contribution in [2.24, 2.45) is 17.6 Å². The van der Waals surface area contributed by atoms with Gasteiger partial charge in [0.2, 0.25) is 0 Å². The normalized spacial score (nSPS) is 22.5. The molecule has 1 aliphatic carbocycles. The molecule has 5 nitrogen and oxygen atoms in total. The Morgan fingerprint density at radius 3 is 2.43 bits per heavy atom. The van der Waals surface area contributed by atoms with Gasteiger partial charge in [0.1, 0.15) is 5.54 Å². The predicted octanol–water partition coefficient (Wildman–Crippen LogP) is 2.28. The van der Waals surface area contributed by atoms with Gasteiger partial charge in [0.15, 0.2) is 0 Å². The second kappa shape index (κ2) is 5.66. The molecule has 1 aliphatic rings. The summed E-state index contributed by atoms with van der Waals surface area (Å²) in [7, 11) is 0. The molecule has 0 aliphatic heterocycles. The van der Waals surface area contributed by atoms with Gasteiger partial charge in [-0.2, -0.15) is 0 Å². The minimum Gasteiger partial charge on any atom is -0.481 e. The molecule has 0 amide bonds. The Balaban J connectivity index is 1.76. The van der Waals surface area contributed by atoms with E-state index in [0.29, 0.717) is 12.8 Å². The first kappa shape index (κ1) is 15.5. The van der Waals surface area contributed by atoms with E-state index >= 15 is 0 Å². The van der Waals surface area contributed by atoms with Gasteiger partial charge in [-0.25, -0.2) is 0 Å². The molecular weight excluding hydrogens is 294 g/mol. The van der Waals surface area contributed by atoms with E-state index in [-0.39, 0.29) is 6.42 Å². The van der Waals surface area contributed by atoms with Crippen LogP contribution in [0.3, 0.4) is 0 Å². The summed E-state index contributed by atoms with van der Waals surface area (Å²) in [6.07, 6.45) is 1.08. The maximum Gasteiger partial charge on any atom is 0.324 e. The summed E-state index contributed by atoms with van der Waals surface area (Å²) in [5.41, 5.74) is 5.60. The number of hydrogen-bond donors (Lipinski definition) is 3. The second-order valence-corrected chi connectivity index (χ2v) is 6.31. The van der Waals surface area contributed by atoms with Crippen LogP contribution in [0, 0.1) is 11.8 Å². The van der Waals surface area contributed by atoms with Crippen LogP contribution in [-0.2, 0) is 16.0 Å². The van der Waals surface area contributed by atoms with Gasteiger partial charge in [0, 0.05) is 5.92 Å². The van der Waals surface area contributed by atoms with Gasteiger partial charge in [-0.05, 0) is 35.6 Å². The monoisotopic (exact) mass is 313 g/mol. The molecule has 1 saturated carbocycles. The lowest BCUT2D eigenvalue weighted by molar-refractivity contribution is -0.145. The number of fused-ring (bicyclic) bond motifs is 1. The van der Waals surface area contributed by atoms with Gasteiger partial charge in [-0.15, -0.1) is 0 Å². The highest BCUT2D eigenvalue weighted by molar-refractivity contribution is 5.84. The molecule has 0 aromatic heterocycles. The first-order valence-corrected chi connectivity index (χ1v) is 7.64. The van der Waals surface area contributed by atoms with E-state index in [1.165, 1.54) is 0 Å². The Labute approximate surface area is 133 Å². The van der Waals surface area contributed by atoms with Crippen molar-refractivity contribution in [2.75, 3.05) is 0 Å². The first-order valence-electron chi connectivity index (χ1n) is 7.64. The Morgan fingerprint density at radius 1 is 1.13 bits per heavy atom. The Hall–Kier alpha value is -2.40. The molecule has 120 valence electrons. The summed E-state index contributed by atoms with van der Waals surface area (Å²) >= 11 is 0. The van der Waals surface area contributed by atoms with E-state index in [4.69, 9.17) is 10.8 Å². The van der Waals surface area contributed by atoms with Crippen LogP contribution in [0.1, 0.15) is 18.4 Å². The van der Waals surface area contributed by atoms with E-state index in [2.05, 4.69) is 0 Å². The van der Waals surface area contributed by atoms with Crippen molar-refractivity contribution < 1.29 is 19.8 Å². The second-order valence-electron chi connectivity index (χ2n) is 6.31. The van der Waals surface area contributed by atoms with E-state index < -0.39 is 29.3 Å². The number of carboxylic acids is 2. The van der Waals surface area contributed by atoms with Gasteiger partial charge < -0.3 is 15.9 Å². The number of rotatable bonds is 6. The number of carbonyl (C=O) groups is 2. The van der Waals surface area contributed by atoms with Gasteiger partial charge in [-0.3, -0.25) is 9.59 Å². The highest BCUT2D eigenvalue weighted by Gasteiger charge is 2.57. The van der Waals surface area contributed by atoms with E-state index in [1.807, 2.05) is 42.5 Å². The molecule has 4 N–H and O–H groups in total. The molecule has 2 aromatic carbocycles. The fourth-order valence-corrected chi connectivity index (χ4v) is 3.23. The fraction of sp³-hybridized carbons (Fsp3) is 0.333. The Bertz CT molecular complexity index is 772. The molecule has 2 aromatic rings. The van der Waals surface area contributed by atoms with Crippen molar-refractivity contribution in [3.05, 3.63) is 48.0 Å². The average molecular weight is 313 g/mol. The standard InChI is InChI=1S/C18H19NO4/c19-18(17(22)23,15-10-14(15)16(20)21)8-7-11-5-6-12-3-1-2-4-13(12)9-11/h1-6,9,14-15H,7-8,10,19H2,(H,20,21)(H,22,23)/t14-,15-,18?/m0/s1. The molecule has 23 heavy (non-hydrogen) atoms. The van der Waals surface area contributed by atoms with Crippen LogP contribution in [-0.4, -0.2) is 27.7 Å². The number of aryl methyl sites for hydroxylation is 1. The predicted molar refractivity (Wildman–Crippen MR) is 86.1 cm³/mol. The highest BCUT2D eigenvalue weighted by Crippen LogP contribution is 2.47. The van der Waals surface area contributed by atoms with E-state index in [1.54, 1.807) is 0 Å². The summed E-state index contributed by atoms with van der Waals surface area (Å²) in [6.45, 7) is 0. The molecule has 0 radical (unpaired) electrons. The number of carboxylic acid groups (broad SMARTS) is 2. The third kappa shape index (κ3) is 2.92. The van der Waals surface area contributed by atoms with Crippen LogP contribution < -0.4 is 5.73 Å². The van der Waals surface area contributed by atoms with Crippen molar-refractivity contribution in [1.82, 2.24) is 0 Å². The molecule has 0 bridgehead atoms. The van der Waals surface area contributed by atoms with E-state index in [9.17, 15) is 14.7 Å². The van der Waals surface area contributed by atoms with Crippen molar-refractivity contribution in [1.29, 1.82) is 0 Å². The number of aliphatic carboxylic acids is 2. The van der Waals surface area contributed by atoms with Crippen LogP contribution in [0.15, 0.2) is 42.5 Å².